The number of likely N-dealkylation sites (N-methyl/N-ethyl adjacent to an activating group) is 1. The zero-order valence-corrected chi connectivity index (χ0v) is 23.4. The molecule has 40 heavy (non-hydrogen) atoms. The summed E-state index contributed by atoms with van der Waals surface area (Å²) in [5, 5.41) is 3.07. The summed E-state index contributed by atoms with van der Waals surface area (Å²) in [4.78, 5) is 15.5. The van der Waals surface area contributed by atoms with Crippen molar-refractivity contribution in [1.29, 1.82) is 0 Å². The zero-order chi connectivity index (χ0) is 28.4. The number of esters is 1. The van der Waals surface area contributed by atoms with Crippen molar-refractivity contribution in [3.63, 3.8) is 0 Å². The van der Waals surface area contributed by atoms with E-state index in [0.717, 1.165) is 5.56 Å². The Kier molecular flexibility index (Phi) is 7.78. The average Bonchev–Trinajstić information content (AvgIpc) is 3.02. The maximum atomic E-state index is 15.5. The molecular formula is C31H31FN2O5S. The molecule has 9 heteroatoms. The van der Waals surface area contributed by atoms with Gasteiger partial charge in [-0.15, -0.1) is 0 Å². The van der Waals surface area contributed by atoms with Crippen molar-refractivity contribution in [3.8, 4) is 5.75 Å². The van der Waals surface area contributed by atoms with Crippen LogP contribution in [0.4, 0.5) is 4.39 Å². The lowest BCUT2D eigenvalue weighted by Gasteiger charge is -2.32. The van der Waals surface area contributed by atoms with E-state index < -0.39 is 27.5 Å². The summed E-state index contributed by atoms with van der Waals surface area (Å²) in [6.45, 7) is 4.48. The molecule has 5 rings (SSSR count). The van der Waals surface area contributed by atoms with Crippen molar-refractivity contribution in [3.05, 3.63) is 117 Å². The fourth-order valence-corrected chi connectivity index (χ4v) is 7.13. The molecule has 1 unspecified atom stereocenters. The van der Waals surface area contributed by atoms with Crippen LogP contribution >= 0.6 is 0 Å². The van der Waals surface area contributed by atoms with Gasteiger partial charge in [0.1, 0.15) is 29.7 Å². The second kappa shape index (κ2) is 11.3. The van der Waals surface area contributed by atoms with E-state index in [0.29, 0.717) is 24.4 Å². The number of carbonyl (C=O) groups is 1. The lowest BCUT2D eigenvalue weighted by molar-refractivity contribution is -0.139. The van der Waals surface area contributed by atoms with E-state index in [-0.39, 0.29) is 45.6 Å². The van der Waals surface area contributed by atoms with Crippen molar-refractivity contribution in [1.82, 2.24) is 10.2 Å². The lowest BCUT2D eigenvalue weighted by Crippen LogP contribution is -2.35. The van der Waals surface area contributed by atoms with E-state index >= 15 is 4.39 Å². The molecular weight excluding hydrogens is 531 g/mol. The fourth-order valence-electron chi connectivity index (χ4n) is 5.26. The van der Waals surface area contributed by atoms with Crippen LogP contribution in [0.25, 0.3) is 0 Å². The summed E-state index contributed by atoms with van der Waals surface area (Å²) < 4.78 is 55.3. The number of nitrogens with one attached hydrogen (secondary N) is 1. The number of halogens is 1. The predicted octanol–water partition coefficient (Wildman–Crippen LogP) is 4.85. The van der Waals surface area contributed by atoms with Gasteiger partial charge in [0, 0.05) is 24.4 Å². The van der Waals surface area contributed by atoms with Gasteiger partial charge in [-0.2, -0.15) is 0 Å². The number of sulfone groups is 1. The summed E-state index contributed by atoms with van der Waals surface area (Å²) in [6, 6.07) is 20.8. The van der Waals surface area contributed by atoms with Gasteiger partial charge in [0.15, 0.2) is 0 Å². The molecule has 0 saturated carbocycles. The van der Waals surface area contributed by atoms with Gasteiger partial charge in [-0.3, -0.25) is 4.90 Å². The van der Waals surface area contributed by atoms with Crippen molar-refractivity contribution < 1.29 is 27.1 Å². The van der Waals surface area contributed by atoms with E-state index in [9.17, 15) is 13.2 Å². The number of aryl methyl sites for hydroxylation is 1. The van der Waals surface area contributed by atoms with Crippen LogP contribution in [0.3, 0.4) is 0 Å². The lowest BCUT2D eigenvalue weighted by atomic mass is 9.84. The van der Waals surface area contributed by atoms with Crippen LogP contribution in [0.2, 0.25) is 0 Å². The molecule has 1 N–H and O–H groups in total. The van der Waals surface area contributed by atoms with Crippen molar-refractivity contribution in [2.75, 3.05) is 26.8 Å². The summed E-state index contributed by atoms with van der Waals surface area (Å²) in [5.41, 5.74) is 2.47. The van der Waals surface area contributed by atoms with Gasteiger partial charge in [-0.1, -0.05) is 54.6 Å². The molecule has 0 saturated heterocycles. The first-order valence-electron chi connectivity index (χ1n) is 13.0. The third-order valence-electron chi connectivity index (χ3n) is 7.17. The number of hydrogen-bond donors (Lipinski definition) is 1. The molecule has 0 spiro atoms. The standard InChI is InChI=1S/C31H31FN2O5S/c1-20-10-9-13-23(32)27(20)29-28(31(35)38-17-16-34(3)18-22-11-5-4-6-12-22)21(2)33-24-19-39-25-14-7-8-15-26(25)40(36,37)30(24)29/h4-15,29,33H,16-19H2,1-3H3. The van der Waals surface area contributed by atoms with Crippen LogP contribution in [0.1, 0.15) is 29.5 Å². The average molecular weight is 563 g/mol. The number of fused-ring (bicyclic) bond motifs is 1. The minimum absolute atomic E-state index is 0.0319. The quantitative estimate of drug-likeness (QED) is 0.412. The molecule has 208 valence electrons. The van der Waals surface area contributed by atoms with Gasteiger partial charge in [-0.05, 0) is 50.2 Å². The minimum atomic E-state index is -4.19. The van der Waals surface area contributed by atoms with Gasteiger partial charge in [-0.25, -0.2) is 17.6 Å². The van der Waals surface area contributed by atoms with E-state index in [2.05, 4.69) is 5.32 Å². The second-order valence-corrected chi connectivity index (χ2v) is 11.9. The molecule has 0 aliphatic carbocycles. The summed E-state index contributed by atoms with van der Waals surface area (Å²) in [7, 11) is -2.27. The second-order valence-electron chi connectivity index (χ2n) is 10.0. The molecule has 0 bridgehead atoms. The number of nitrogens with zero attached hydrogens (tertiary/aromatic N) is 1. The molecule has 0 aromatic heterocycles. The first-order chi connectivity index (χ1) is 19.2. The highest BCUT2D eigenvalue weighted by molar-refractivity contribution is 7.95. The molecule has 7 nitrogen and oxygen atoms in total. The van der Waals surface area contributed by atoms with E-state index in [4.69, 9.17) is 9.47 Å². The highest BCUT2D eigenvalue weighted by atomic mass is 32.2. The van der Waals surface area contributed by atoms with E-state index in [1.807, 2.05) is 42.3 Å². The van der Waals surface area contributed by atoms with Crippen molar-refractivity contribution in [2.24, 2.45) is 0 Å². The topological polar surface area (TPSA) is 84.9 Å². The van der Waals surface area contributed by atoms with Crippen LogP contribution in [0, 0.1) is 12.7 Å². The highest BCUT2D eigenvalue weighted by Crippen LogP contribution is 2.47. The Bertz CT molecular complexity index is 1600. The van der Waals surface area contributed by atoms with Crippen LogP contribution in [-0.4, -0.2) is 46.1 Å². The smallest absolute Gasteiger partial charge is 0.336 e. The third-order valence-corrected chi connectivity index (χ3v) is 9.15. The zero-order valence-electron chi connectivity index (χ0n) is 22.6. The van der Waals surface area contributed by atoms with Crippen molar-refractivity contribution in [2.45, 2.75) is 31.2 Å². The van der Waals surface area contributed by atoms with Crippen LogP contribution in [0.15, 0.2) is 99.6 Å². The Morgan fingerprint density at radius 1 is 1.05 bits per heavy atom. The highest BCUT2D eigenvalue weighted by Gasteiger charge is 2.45. The number of para-hydroxylation sites is 1. The van der Waals surface area contributed by atoms with Crippen LogP contribution in [0.5, 0.6) is 5.75 Å². The molecule has 0 fully saturated rings. The number of benzene rings is 3. The van der Waals surface area contributed by atoms with Gasteiger partial charge in [0.25, 0.3) is 0 Å². The monoisotopic (exact) mass is 562 g/mol. The molecule has 0 radical (unpaired) electrons. The maximum absolute atomic E-state index is 15.5. The molecule has 2 heterocycles. The van der Waals surface area contributed by atoms with E-state index in [1.165, 1.54) is 12.1 Å². The minimum Gasteiger partial charge on any atom is -0.486 e. The molecule has 3 aromatic rings. The van der Waals surface area contributed by atoms with Gasteiger partial charge < -0.3 is 14.8 Å². The predicted molar refractivity (Wildman–Crippen MR) is 150 cm³/mol. The SMILES string of the molecule is CC1=C(C(=O)OCCN(C)Cc2ccccc2)C(c2c(C)cccc2F)C2=C(COc3ccccc3S2(=O)=O)N1. The van der Waals surface area contributed by atoms with Crippen molar-refractivity contribution >= 4 is 15.8 Å². The van der Waals surface area contributed by atoms with Gasteiger partial charge in [0.05, 0.1) is 22.1 Å². The normalized spacial score (nSPS) is 17.9. The first-order valence-corrected chi connectivity index (χ1v) is 14.5. The van der Waals surface area contributed by atoms with Crippen LogP contribution in [-0.2, 0) is 25.9 Å². The summed E-state index contributed by atoms with van der Waals surface area (Å²) in [6.07, 6.45) is 0. The Labute approximate surface area is 233 Å². The third kappa shape index (κ3) is 5.26. The Morgan fingerprint density at radius 3 is 2.52 bits per heavy atom. The molecule has 1 atom stereocenters. The number of dihydropyridines is 1. The van der Waals surface area contributed by atoms with E-state index in [1.54, 1.807) is 44.2 Å². The van der Waals surface area contributed by atoms with Gasteiger partial charge >= 0.3 is 5.97 Å². The first kappa shape index (κ1) is 27.6. The largest absolute Gasteiger partial charge is 0.486 e. The number of ether oxygens (including phenoxy) is 2. The Balaban J connectivity index is 1.50. The summed E-state index contributed by atoms with van der Waals surface area (Å²) >= 11 is 0. The number of rotatable bonds is 7. The Morgan fingerprint density at radius 2 is 1.77 bits per heavy atom. The number of allylic oxidation sites excluding steroid dienone is 2. The van der Waals surface area contributed by atoms with Gasteiger partial charge in [0.2, 0.25) is 9.84 Å². The molecule has 2 aliphatic rings. The maximum Gasteiger partial charge on any atom is 0.336 e. The number of hydrogen-bond acceptors (Lipinski definition) is 7. The molecule has 3 aromatic carbocycles. The van der Waals surface area contributed by atoms with Crippen LogP contribution < -0.4 is 10.1 Å². The number of carbonyl (C=O) groups excluding carboxylic acids is 1. The molecule has 0 amide bonds. The Hall–Kier alpha value is -3.95. The summed E-state index contributed by atoms with van der Waals surface area (Å²) in [5.74, 6) is -2.32. The molecule has 2 aliphatic heterocycles. The fraction of sp³-hybridized carbons (Fsp3) is 0.258.